The zero-order valence-corrected chi connectivity index (χ0v) is 18.7. The minimum absolute atomic E-state index is 0.320. The lowest BCUT2D eigenvalue weighted by Crippen LogP contribution is -2.46. The summed E-state index contributed by atoms with van der Waals surface area (Å²) < 4.78 is 5.54. The standard InChI is InChI=1S/C19H30N6OS2/c1-14-5-6-17(28-14)16(25-7-9-26-10-8-25)12-22-18(20-2)21-11-15-13-27-19(23-15)24(3)4/h5-6,13,16H,7-12H2,1-4H3,(H2,20,21,22). The number of guanidine groups is 1. The number of aryl methyl sites for hydroxylation is 1. The van der Waals surface area contributed by atoms with Crippen molar-refractivity contribution in [3.05, 3.63) is 33.0 Å². The third-order valence-corrected chi connectivity index (χ3v) is 6.78. The van der Waals surface area contributed by atoms with Crippen LogP contribution in [0, 0.1) is 6.92 Å². The van der Waals surface area contributed by atoms with Crippen molar-refractivity contribution < 1.29 is 4.74 Å². The Balaban J connectivity index is 1.58. The second-order valence-corrected chi connectivity index (χ2v) is 9.09. The van der Waals surface area contributed by atoms with Crippen LogP contribution in [-0.2, 0) is 11.3 Å². The lowest BCUT2D eigenvalue weighted by molar-refractivity contribution is 0.0177. The molecule has 1 unspecified atom stereocenters. The molecule has 0 aromatic carbocycles. The second-order valence-electron chi connectivity index (χ2n) is 6.94. The maximum atomic E-state index is 5.54. The highest BCUT2D eigenvalue weighted by atomic mass is 32.1. The van der Waals surface area contributed by atoms with Gasteiger partial charge in [0.25, 0.3) is 0 Å². The fraction of sp³-hybridized carbons (Fsp3) is 0.579. The molecule has 0 spiro atoms. The third-order valence-electron chi connectivity index (χ3n) is 4.62. The molecule has 9 heteroatoms. The van der Waals surface area contributed by atoms with Gasteiger partial charge in [-0.15, -0.1) is 22.7 Å². The lowest BCUT2D eigenvalue weighted by atomic mass is 10.2. The molecule has 7 nitrogen and oxygen atoms in total. The van der Waals surface area contributed by atoms with Gasteiger partial charge in [-0.3, -0.25) is 9.89 Å². The molecular weight excluding hydrogens is 392 g/mol. The highest BCUT2D eigenvalue weighted by molar-refractivity contribution is 7.13. The first-order chi connectivity index (χ1) is 13.6. The van der Waals surface area contributed by atoms with E-state index in [0.29, 0.717) is 12.6 Å². The number of rotatable bonds is 7. The van der Waals surface area contributed by atoms with E-state index in [1.807, 2.05) is 30.3 Å². The summed E-state index contributed by atoms with van der Waals surface area (Å²) >= 11 is 3.52. The van der Waals surface area contributed by atoms with Crippen LogP contribution in [0.25, 0.3) is 0 Å². The molecule has 3 heterocycles. The predicted molar refractivity (Wildman–Crippen MR) is 119 cm³/mol. The van der Waals surface area contributed by atoms with Crippen molar-refractivity contribution in [2.24, 2.45) is 4.99 Å². The highest BCUT2D eigenvalue weighted by Crippen LogP contribution is 2.27. The summed E-state index contributed by atoms with van der Waals surface area (Å²) in [6.45, 7) is 7.14. The number of thiazole rings is 1. The summed E-state index contributed by atoms with van der Waals surface area (Å²) in [5.41, 5.74) is 1.02. The van der Waals surface area contributed by atoms with Gasteiger partial charge in [-0.25, -0.2) is 4.98 Å². The summed E-state index contributed by atoms with van der Waals surface area (Å²) in [6, 6.07) is 4.77. The topological polar surface area (TPSA) is 65.0 Å². The Kier molecular flexibility index (Phi) is 7.66. The number of aliphatic imine (C=N–C) groups is 1. The number of thiophene rings is 1. The van der Waals surface area contributed by atoms with Crippen LogP contribution in [0.1, 0.15) is 21.5 Å². The van der Waals surface area contributed by atoms with Crippen LogP contribution in [0.15, 0.2) is 22.5 Å². The van der Waals surface area contributed by atoms with Crippen LogP contribution in [-0.4, -0.2) is 69.8 Å². The molecule has 1 aliphatic heterocycles. The maximum absolute atomic E-state index is 5.54. The molecular formula is C19H30N6OS2. The van der Waals surface area contributed by atoms with E-state index in [1.165, 1.54) is 9.75 Å². The molecule has 3 rings (SSSR count). The number of ether oxygens (including phenoxy) is 1. The predicted octanol–water partition coefficient (Wildman–Crippen LogP) is 2.32. The molecule has 1 aliphatic rings. The Morgan fingerprint density at radius 2 is 2.11 bits per heavy atom. The Morgan fingerprint density at radius 3 is 2.71 bits per heavy atom. The van der Waals surface area contributed by atoms with Gasteiger partial charge in [0, 0.05) is 55.9 Å². The quantitative estimate of drug-likeness (QED) is 0.527. The number of hydrogen-bond donors (Lipinski definition) is 2. The van der Waals surface area contributed by atoms with Gasteiger partial charge in [-0.2, -0.15) is 0 Å². The zero-order chi connectivity index (χ0) is 19.9. The molecule has 1 fully saturated rings. The van der Waals surface area contributed by atoms with Gasteiger partial charge in [0.05, 0.1) is 31.5 Å². The van der Waals surface area contributed by atoms with Gasteiger partial charge >= 0.3 is 0 Å². The lowest BCUT2D eigenvalue weighted by Gasteiger charge is -2.34. The van der Waals surface area contributed by atoms with Crippen LogP contribution < -0.4 is 15.5 Å². The molecule has 0 amide bonds. The monoisotopic (exact) mass is 422 g/mol. The summed E-state index contributed by atoms with van der Waals surface area (Å²) in [5, 5.41) is 9.98. The van der Waals surface area contributed by atoms with Gasteiger partial charge in [0.2, 0.25) is 0 Å². The molecule has 0 saturated carbocycles. The van der Waals surface area contributed by atoms with Gasteiger partial charge in [-0.05, 0) is 19.1 Å². The van der Waals surface area contributed by atoms with E-state index in [2.05, 4.69) is 49.9 Å². The van der Waals surface area contributed by atoms with E-state index in [9.17, 15) is 0 Å². The van der Waals surface area contributed by atoms with E-state index in [1.54, 1.807) is 18.4 Å². The Morgan fingerprint density at radius 1 is 1.32 bits per heavy atom. The Bertz CT molecular complexity index is 766. The smallest absolute Gasteiger partial charge is 0.191 e. The molecule has 0 aliphatic carbocycles. The van der Waals surface area contributed by atoms with E-state index in [4.69, 9.17) is 4.74 Å². The van der Waals surface area contributed by atoms with Crippen molar-refractivity contribution in [1.82, 2.24) is 20.5 Å². The summed E-state index contributed by atoms with van der Waals surface area (Å²) in [7, 11) is 5.82. The van der Waals surface area contributed by atoms with Gasteiger partial charge in [0.15, 0.2) is 11.1 Å². The molecule has 0 bridgehead atoms. The van der Waals surface area contributed by atoms with E-state index in [-0.39, 0.29) is 0 Å². The number of nitrogens with one attached hydrogen (secondary N) is 2. The average molecular weight is 423 g/mol. The number of nitrogens with zero attached hydrogens (tertiary/aromatic N) is 4. The van der Waals surface area contributed by atoms with Gasteiger partial charge in [0.1, 0.15) is 0 Å². The van der Waals surface area contributed by atoms with Crippen LogP contribution in [0.5, 0.6) is 0 Å². The van der Waals surface area contributed by atoms with E-state index >= 15 is 0 Å². The molecule has 0 radical (unpaired) electrons. The fourth-order valence-corrected chi connectivity index (χ4v) is 4.87. The number of anilines is 1. The average Bonchev–Trinajstić information content (AvgIpc) is 3.34. The first-order valence-electron chi connectivity index (χ1n) is 9.51. The van der Waals surface area contributed by atoms with Crippen molar-refractivity contribution >= 4 is 33.8 Å². The van der Waals surface area contributed by atoms with Crippen LogP contribution >= 0.6 is 22.7 Å². The van der Waals surface area contributed by atoms with Crippen LogP contribution in [0.2, 0.25) is 0 Å². The molecule has 2 N–H and O–H groups in total. The van der Waals surface area contributed by atoms with Crippen molar-refractivity contribution in [1.29, 1.82) is 0 Å². The summed E-state index contributed by atoms with van der Waals surface area (Å²) in [6.07, 6.45) is 0. The normalized spacial score (nSPS) is 16.8. The number of morpholine rings is 1. The Labute approximate surface area is 175 Å². The van der Waals surface area contributed by atoms with Crippen molar-refractivity contribution in [3.8, 4) is 0 Å². The molecule has 1 saturated heterocycles. The summed E-state index contributed by atoms with van der Waals surface area (Å²) in [4.78, 5) is 16.2. The number of aromatic nitrogens is 1. The highest BCUT2D eigenvalue weighted by Gasteiger charge is 2.24. The Hall–Kier alpha value is -1.68. The molecule has 154 valence electrons. The SMILES string of the molecule is CN=C(NCc1csc(N(C)C)n1)NCC(c1ccc(C)s1)N1CCOCC1. The molecule has 2 aromatic heterocycles. The largest absolute Gasteiger partial charge is 0.379 e. The van der Waals surface area contributed by atoms with Crippen LogP contribution in [0.4, 0.5) is 5.13 Å². The van der Waals surface area contributed by atoms with Crippen molar-refractivity contribution in [3.63, 3.8) is 0 Å². The van der Waals surface area contributed by atoms with Crippen LogP contribution in [0.3, 0.4) is 0 Å². The molecule has 28 heavy (non-hydrogen) atoms. The zero-order valence-electron chi connectivity index (χ0n) is 17.1. The molecule has 1 atom stereocenters. The minimum Gasteiger partial charge on any atom is -0.379 e. The fourth-order valence-electron chi connectivity index (χ4n) is 3.10. The third kappa shape index (κ3) is 5.66. The summed E-state index contributed by atoms with van der Waals surface area (Å²) in [5.74, 6) is 0.797. The van der Waals surface area contributed by atoms with E-state index < -0.39 is 0 Å². The van der Waals surface area contributed by atoms with Crippen molar-refractivity contribution in [2.45, 2.75) is 19.5 Å². The minimum atomic E-state index is 0.320. The second kappa shape index (κ2) is 10.2. The number of hydrogen-bond acceptors (Lipinski definition) is 7. The first kappa shape index (κ1) is 21.0. The van der Waals surface area contributed by atoms with E-state index in [0.717, 1.165) is 49.6 Å². The van der Waals surface area contributed by atoms with Gasteiger partial charge < -0.3 is 20.3 Å². The van der Waals surface area contributed by atoms with Crippen molar-refractivity contribution in [2.75, 3.05) is 58.9 Å². The molecule has 2 aromatic rings. The maximum Gasteiger partial charge on any atom is 0.191 e. The van der Waals surface area contributed by atoms with Gasteiger partial charge in [-0.1, -0.05) is 0 Å². The first-order valence-corrected chi connectivity index (χ1v) is 11.2.